The first-order valence-electron chi connectivity index (χ1n) is 8.97. The van der Waals surface area contributed by atoms with Crippen LogP contribution in [0, 0.1) is 23.6 Å². The summed E-state index contributed by atoms with van der Waals surface area (Å²) in [7, 11) is 0. The summed E-state index contributed by atoms with van der Waals surface area (Å²) in [6.45, 7) is 1.05. The van der Waals surface area contributed by atoms with Gasteiger partial charge in [0.15, 0.2) is 0 Å². The Morgan fingerprint density at radius 2 is 1.79 bits per heavy atom. The number of fused-ring (bicyclic) bond motifs is 1. The highest BCUT2D eigenvalue weighted by molar-refractivity contribution is 5.59. The van der Waals surface area contributed by atoms with E-state index in [1.165, 1.54) is 44.2 Å². The third-order valence-electron chi connectivity index (χ3n) is 6.03. The van der Waals surface area contributed by atoms with Crippen molar-refractivity contribution in [1.29, 1.82) is 0 Å². The van der Waals surface area contributed by atoms with Crippen LogP contribution in [0.25, 0.3) is 11.3 Å². The van der Waals surface area contributed by atoms with Crippen LogP contribution in [0.1, 0.15) is 32.1 Å². The third kappa shape index (κ3) is 2.46. The van der Waals surface area contributed by atoms with Gasteiger partial charge in [0, 0.05) is 18.2 Å². The van der Waals surface area contributed by atoms with Gasteiger partial charge in [0.05, 0.1) is 11.9 Å². The van der Waals surface area contributed by atoms with Crippen molar-refractivity contribution in [2.45, 2.75) is 38.1 Å². The smallest absolute Gasteiger partial charge is 0.246 e. The van der Waals surface area contributed by atoms with Gasteiger partial charge in [0.25, 0.3) is 0 Å². The molecule has 0 N–H and O–H groups in total. The minimum atomic E-state index is -0.252. The number of nitrogens with zero attached hydrogens (tertiary/aromatic N) is 4. The predicted molar refractivity (Wildman–Crippen MR) is 89.9 cm³/mol. The van der Waals surface area contributed by atoms with Crippen LogP contribution in [0.2, 0.25) is 0 Å². The topological polar surface area (TPSA) is 41.9 Å². The highest BCUT2D eigenvalue weighted by Crippen LogP contribution is 2.48. The Kier molecular flexibility index (Phi) is 3.28. The molecule has 2 aliphatic carbocycles. The minimum absolute atomic E-state index is 0.252. The van der Waals surface area contributed by atoms with Crippen LogP contribution in [0.5, 0.6) is 0 Å². The van der Waals surface area contributed by atoms with Crippen LogP contribution in [-0.2, 0) is 0 Å². The maximum atomic E-state index is 13.5. The van der Waals surface area contributed by atoms with E-state index in [0.29, 0.717) is 11.7 Å². The molecule has 2 aliphatic heterocycles. The van der Waals surface area contributed by atoms with Crippen LogP contribution in [0.4, 0.5) is 10.3 Å². The maximum absolute atomic E-state index is 13.5. The van der Waals surface area contributed by atoms with Gasteiger partial charge in [0.2, 0.25) is 5.95 Å². The summed E-state index contributed by atoms with van der Waals surface area (Å²) in [6.07, 6.45) is 8.30. The number of halogens is 1. The molecule has 1 aromatic heterocycles. The first-order chi connectivity index (χ1) is 11.7. The molecule has 1 aromatic carbocycles. The lowest BCUT2D eigenvalue weighted by atomic mass is 9.68. The number of benzene rings is 1. The van der Waals surface area contributed by atoms with E-state index in [9.17, 15) is 4.39 Å². The summed E-state index contributed by atoms with van der Waals surface area (Å²) in [4.78, 5) is 7.12. The lowest BCUT2D eigenvalue weighted by Crippen LogP contribution is -2.39. The van der Waals surface area contributed by atoms with Crippen molar-refractivity contribution in [3.8, 4) is 11.3 Å². The number of rotatable bonds is 2. The standard InChI is InChI=1S/C19H21FN4/c20-16-3-1-2-15(9-16)18-10-21-23-19(22-18)24-11-14-5-12-4-13(6-14)8-17(24)7-12/h1-3,9-10,12-14,17H,4-8,11H2/t12-,13+,14?,17?. The lowest BCUT2D eigenvalue weighted by molar-refractivity contribution is 0.157. The van der Waals surface area contributed by atoms with Crippen molar-refractivity contribution >= 4 is 5.95 Å². The second kappa shape index (κ2) is 5.50. The molecule has 3 heterocycles. The summed E-state index contributed by atoms with van der Waals surface area (Å²) in [5.74, 6) is 3.00. The molecule has 6 rings (SSSR count). The predicted octanol–water partition coefficient (Wildman–Crippen LogP) is 3.69. The molecule has 2 aromatic rings. The van der Waals surface area contributed by atoms with E-state index in [-0.39, 0.29) is 5.82 Å². The summed E-state index contributed by atoms with van der Waals surface area (Å²) in [5.41, 5.74) is 1.45. The zero-order valence-corrected chi connectivity index (χ0v) is 13.6. The van der Waals surface area contributed by atoms with E-state index in [1.54, 1.807) is 12.3 Å². The molecule has 2 saturated heterocycles. The molecule has 4 fully saturated rings. The number of anilines is 1. The molecule has 4 nitrogen and oxygen atoms in total. The Morgan fingerprint density at radius 1 is 1.00 bits per heavy atom. The molecule has 4 atom stereocenters. The van der Waals surface area contributed by atoms with Crippen LogP contribution in [-0.4, -0.2) is 27.8 Å². The fraction of sp³-hybridized carbons (Fsp3) is 0.526. The summed E-state index contributed by atoms with van der Waals surface area (Å²) in [5, 5.41) is 8.49. The van der Waals surface area contributed by atoms with Crippen molar-refractivity contribution < 1.29 is 4.39 Å². The van der Waals surface area contributed by atoms with Gasteiger partial charge in [-0.3, -0.25) is 0 Å². The molecule has 4 aliphatic rings. The number of aromatic nitrogens is 3. The van der Waals surface area contributed by atoms with Gasteiger partial charge in [-0.25, -0.2) is 9.37 Å². The Bertz CT molecular complexity index is 751. The van der Waals surface area contributed by atoms with Gasteiger partial charge in [-0.05, 0) is 62.0 Å². The van der Waals surface area contributed by atoms with Crippen molar-refractivity contribution in [3.63, 3.8) is 0 Å². The average Bonchev–Trinajstić information content (AvgIpc) is 2.78. The Balaban J connectivity index is 1.50. The van der Waals surface area contributed by atoms with Crippen molar-refractivity contribution in [2.75, 3.05) is 11.4 Å². The van der Waals surface area contributed by atoms with E-state index in [0.717, 1.165) is 35.8 Å². The molecular formula is C19H21FN4. The zero-order valence-electron chi connectivity index (χ0n) is 13.6. The Hall–Kier alpha value is -2.04. The molecule has 124 valence electrons. The minimum Gasteiger partial charge on any atom is -0.336 e. The quantitative estimate of drug-likeness (QED) is 0.845. The molecule has 5 heteroatoms. The van der Waals surface area contributed by atoms with E-state index >= 15 is 0 Å². The molecule has 2 unspecified atom stereocenters. The van der Waals surface area contributed by atoms with E-state index in [4.69, 9.17) is 4.98 Å². The molecule has 24 heavy (non-hydrogen) atoms. The van der Waals surface area contributed by atoms with Crippen LogP contribution in [0.3, 0.4) is 0 Å². The van der Waals surface area contributed by atoms with E-state index < -0.39 is 0 Å². The average molecular weight is 324 g/mol. The summed E-state index contributed by atoms with van der Waals surface area (Å²) < 4.78 is 13.5. The molecule has 0 radical (unpaired) electrons. The van der Waals surface area contributed by atoms with Gasteiger partial charge >= 0.3 is 0 Å². The first-order valence-corrected chi connectivity index (χ1v) is 8.97. The molecule has 4 bridgehead atoms. The van der Waals surface area contributed by atoms with Gasteiger partial charge in [-0.2, -0.15) is 5.10 Å². The zero-order chi connectivity index (χ0) is 16.1. The van der Waals surface area contributed by atoms with Gasteiger partial charge < -0.3 is 4.90 Å². The van der Waals surface area contributed by atoms with E-state index in [2.05, 4.69) is 15.1 Å². The van der Waals surface area contributed by atoms with Crippen molar-refractivity contribution in [2.24, 2.45) is 17.8 Å². The summed E-state index contributed by atoms with van der Waals surface area (Å²) in [6, 6.07) is 7.07. The normalized spacial score (nSPS) is 31.3. The van der Waals surface area contributed by atoms with Crippen LogP contribution < -0.4 is 4.90 Å². The highest BCUT2D eigenvalue weighted by atomic mass is 19.1. The fourth-order valence-electron chi connectivity index (χ4n) is 5.23. The fourth-order valence-corrected chi connectivity index (χ4v) is 5.23. The second-order valence-electron chi connectivity index (χ2n) is 7.73. The second-order valence-corrected chi connectivity index (χ2v) is 7.73. The SMILES string of the molecule is Fc1cccc(-c2cnnc(N3CC4C[C@@H]5CC3C[C@H](C4)C5)n2)c1. The highest BCUT2D eigenvalue weighted by Gasteiger charge is 2.43. The van der Waals surface area contributed by atoms with Crippen molar-refractivity contribution in [3.05, 3.63) is 36.3 Å². The van der Waals surface area contributed by atoms with Crippen LogP contribution >= 0.6 is 0 Å². The molecule has 0 spiro atoms. The Morgan fingerprint density at radius 3 is 2.58 bits per heavy atom. The first kappa shape index (κ1) is 14.3. The lowest BCUT2D eigenvalue weighted by Gasteiger charge is -2.38. The van der Waals surface area contributed by atoms with Gasteiger partial charge in [-0.1, -0.05) is 12.1 Å². The van der Waals surface area contributed by atoms with E-state index in [1.807, 2.05) is 6.07 Å². The molecule has 2 saturated carbocycles. The van der Waals surface area contributed by atoms with Crippen LogP contribution in [0.15, 0.2) is 30.5 Å². The summed E-state index contributed by atoms with van der Waals surface area (Å²) >= 11 is 0. The van der Waals surface area contributed by atoms with Gasteiger partial charge in [0.1, 0.15) is 5.82 Å². The monoisotopic (exact) mass is 324 g/mol. The molecular weight excluding hydrogens is 303 g/mol. The van der Waals surface area contributed by atoms with Crippen molar-refractivity contribution in [1.82, 2.24) is 15.2 Å². The maximum Gasteiger partial charge on any atom is 0.246 e. The Labute approximate surface area is 141 Å². The van der Waals surface area contributed by atoms with Gasteiger partial charge in [-0.15, -0.1) is 5.10 Å². The third-order valence-corrected chi connectivity index (χ3v) is 6.03. The number of hydrogen-bond acceptors (Lipinski definition) is 4. The largest absolute Gasteiger partial charge is 0.336 e. The number of hydrogen-bond donors (Lipinski definition) is 0. The molecule has 0 amide bonds.